The molecule has 2 aromatic rings. The predicted molar refractivity (Wildman–Crippen MR) is 100 cm³/mol. The number of methoxy groups -OCH3 is 1. The van der Waals surface area contributed by atoms with Gasteiger partial charge in [0.1, 0.15) is 12.3 Å². The molecule has 0 saturated heterocycles. The van der Waals surface area contributed by atoms with Gasteiger partial charge in [0, 0.05) is 16.8 Å². The summed E-state index contributed by atoms with van der Waals surface area (Å²) in [5, 5.41) is 3.12. The minimum Gasteiger partial charge on any atom is -0.497 e. The normalized spacial score (nSPS) is 11.0. The second-order valence-electron chi connectivity index (χ2n) is 5.15. The molecular formula is C16H16Cl2N2O4S. The number of rotatable bonds is 6. The highest BCUT2D eigenvalue weighted by atomic mass is 35.5. The van der Waals surface area contributed by atoms with Gasteiger partial charge in [-0.25, -0.2) is 8.42 Å². The van der Waals surface area contributed by atoms with Gasteiger partial charge in [-0.05, 0) is 30.3 Å². The van der Waals surface area contributed by atoms with E-state index in [1.165, 1.54) is 25.3 Å². The lowest BCUT2D eigenvalue weighted by Crippen LogP contribution is -2.37. The Morgan fingerprint density at radius 1 is 1.20 bits per heavy atom. The van der Waals surface area contributed by atoms with Crippen LogP contribution in [0.1, 0.15) is 0 Å². The van der Waals surface area contributed by atoms with Crippen LogP contribution >= 0.6 is 23.2 Å². The van der Waals surface area contributed by atoms with Crippen molar-refractivity contribution in [3.63, 3.8) is 0 Å². The van der Waals surface area contributed by atoms with Crippen molar-refractivity contribution in [1.29, 1.82) is 0 Å². The fraction of sp³-hybridized carbons (Fsp3) is 0.188. The number of carbonyl (C=O) groups excluding carboxylic acids is 1. The molecule has 0 aromatic heterocycles. The van der Waals surface area contributed by atoms with E-state index in [0.29, 0.717) is 16.5 Å². The summed E-state index contributed by atoms with van der Waals surface area (Å²) in [6, 6.07) is 11.1. The number of hydrogen-bond acceptors (Lipinski definition) is 4. The first-order chi connectivity index (χ1) is 11.7. The molecular weight excluding hydrogens is 387 g/mol. The van der Waals surface area contributed by atoms with Gasteiger partial charge >= 0.3 is 0 Å². The predicted octanol–water partition coefficient (Wildman–Crippen LogP) is 3.41. The number of nitrogens with zero attached hydrogens (tertiary/aromatic N) is 1. The molecule has 0 heterocycles. The van der Waals surface area contributed by atoms with E-state index in [0.717, 1.165) is 10.6 Å². The minimum atomic E-state index is -3.73. The SMILES string of the molecule is COc1cccc(NC(=O)CN(c2ccc(Cl)cc2Cl)S(C)(=O)=O)c1. The highest BCUT2D eigenvalue weighted by Gasteiger charge is 2.23. The third-order valence-corrected chi connectivity index (χ3v) is 4.88. The summed E-state index contributed by atoms with van der Waals surface area (Å²) in [6.07, 6.45) is 0.997. The summed E-state index contributed by atoms with van der Waals surface area (Å²) < 4.78 is 30.2. The Morgan fingerprint density at radius 2 is 1.92 bits per heavy atom. The lowest BCUT2D eigenvalue weighted by molar-refractivity contribution is -0.114. The Kier molecular flexibility index (Phi) is 6.16. The van der Waals surface area contributed by atoms with E-state index in [4.69, 9.17) is 27.9 Å². The number of ether oxygens (including phenoxy) is 1. The molecule has 0 saturated carbocycles. The average Bonchev–Trinajstić information content (AvgIpc) is 2.52. The second-order valence-corrected chi connectivity index (χ2v) is 7.90. The van der Waals surface area contributed by atoms with Crippen LogP contribution in [0.4, 0.5) is 11.4 Å². The fourth-order valence-electron chi connectivity index (χ4n) is 2.10. The van der Waals surface area contributed by atoms with Gasteiger partial charge in [-0.2, -0.15) is 0 Å². The zero-order chi connectivity index (χ0) is 18.6. The number of sulfonamides is 1. The Hall–Kier alpha value is -1.96. The van der Waals surface area contributed by atoms with Gasteiger partial charge in [0.15, 0.2) is 0 Å². The van der Waals surface area contributed by atoms with Crippen LogP contribution in [-0.4, -0.2) is 34.2 Å². The van der Waals surface area contributed by atoms with Crippen LogP contribution < -0.4 is 14.4 Å². The van der Waals surface area contributed by atoms with Gasteiger partial charge in [-0.1, -0.05) is 29.3 Å². The number of amides is 1. The van der Waals surface area contributed by atoms with Crippen LogP contribution in [-0.2, 0) is 14.8 Å². The molecule has 2 rings (SSSR count). The van der Waals surface area contributed by atoms with Gasteiger partial charge in [0.25, 0.3) is 0 Å². The maximum atomic E-state index is 12.3. The number of anilines is 2. The molecule has 0 fully saturated rings. The van der Waals surface area contributed by atoms with E-state index in [1.807, 2.05) is 0 Å². The van der Waals surface area contributed by atoms with Crippen LogP contribution in [0.3, 0.4) is 0 Å². The minimum absolute atomic E-state index is 0.132. The first-order valence-electron chi connectivity index (χ1n) is 7.07. The van der Waals surface area contributed by atoms with Crippen molar-refractivity contribution in [2.24, 2.45) is 0 Å². The third-order valence-electron chi connectivity index (χ3n) is 3.22. The monoisotopic (exact) mass is 402 g/mol. The summed E-state index contributed by atoms with van der Waals surface area (Å²) >= 11 is 11.9. The zero-order valence-electron chi connectivity index (χ0n) is 13.5. The van der Waals surface area contributed by atoms with E-state index < -0.39 is 22.5 Å². The molecule has 0 unspecified atom stereocenters. The van der Waals surface area contributed by atoms with E-state index in [2.05, 4.69) is 5.32 Å². The number of hydrogen-bond donors (Lipinski definition) is 1. The van der Waals surface area contributed by atoms with E-state index in [-0.39, 0.29) is 10.7 Å². The highest BCUT2D eigenvalue weighted by molar-refractivity contribution is 7.92. The molecule has 0 aliphatic carbocycles. The van der Waals surface area contributed by atoms with Crippen molar-refractivity contribution in [3.8, 4) is 5.75 Å². The van der Waals surface area contributed by atoms with E-state index in [1.54, 1.807) is 24.3 Å². The molecule has 2 aromatic carbocycles. The van der Waals surface area contributed by atoms with Crippen molar-refractivity contribution in [1.82, 2.24) is 0 Å². The number of carbonyl (C=O) groups is 1. The standard InChI is InChI=1S/C16H16Cl2N2O4S/c1-24-13-5-3-4-12(9-13)19-16(21)10-20(25(2,22)23)15-7-6-11(17)8-14(15)18/h3-9H,10H2,1-2H3,(H,19,21). The van der Waals surface area contributed by atoms with Crippen molar-refractivity contribution < 1.29 is 17.9 Å². The lowest BCUT2D eigenvalue weighted by atomic mass is 10.3. The summed E-state index contributed by atoms with van der Waals surface area (Å²) in [5.74, 6) is 0.0446. The molecule has 0 bridgehead atoms. The molecule has 25 heavy (non-hydrogen) atoms. The summed E-state index contributed by atoms with van der Waals surface area (Å²) in [7, 11) is -2.22. The van der Waals surface area contributed by atoms with Crippen LogP contribution in [0.5, 0.6) is 5.75 Å². The smallest absolute Gasteiger partial charge is 0.245 e. The highest BCUT2D eigenvalue weighted by Crippen LogP contribution is 2.30. The molecule has 0 atom stereocenters. The maximum Gasteiger partial charge on any atom is 0.245 e. The molecule has 134 valence electrons. The van der Waals surface area contributed by atoms with Crippen LogP contribution in [0.15, 0.2) is 42.5 Å². The van der Waals surface area contributed by atoms with Crippen molar-refractivity contribution >= 4 is 50.5 Å². The molecule has 6 nitrogen and oxygen atoms in total. The number of nitrogens with one attached hydrogen (secondary N) is 1. The van der Waals surface area contributed by atoms with Crippen LogP contribution in [0.2, 0.25) is 10.0 Å². The molecule has 9 heteroatoms. The zero-order valence-corrected chi connectivity index (χ0v) is 15.8. The number of benzene rings is 2. The molecule has 0 radical (unpaired) electrons. The van der Waals surface area contributed by atoms with Crippen molar-refractivity contribution in [3.05, 3.63) is 52.5 Å². The Bertz CT molecular complexity index is 887. The van der Waals surface area contributed by atoms with Crippen LogP contribution in [0, 0.1) is 0 Å². The van der Waals surface area contributed by atoms with E-state index in [9.17, 15) is 13.2 Å². The fourth-order valence-corrected chi connectivity index (χ4v) is 3.53. The molecule has 0 aliphatic rings. The lowest BCUT2D eigenvalue weighted by Gasteiger charge is -2.23. The van der Waals surface area contributed by atoms with Crippen molar-refractivity contribution in [2.75, 3.05) is 29.5 Å². The Labute approximate surface area is 156 Å². The van der Waals surface area contributed by atoms with E-state index >= 15 is 0 Å². The maximum absolute atomic E-state index is 12.3. The van der Waals surface area contributed by atoms with Gasteiger partial charge in [-0.15, -0.1) is 0 Å². The molecule has 1 N–H and O–H groups in total. The largest absolute Gasteiger partial charge is 0.497 e. The first kappa shape index (κ1) is 19.4. The summed E-state index contributed by atoms with van der Waals surface area (Å²) in [6.45, 7) is -0.433. The third kappa shape index (κ3) is 5.26. The van der Waals surface area contributed by atoms with Crippen molar-refractivity contribution in [2.45, 2.75) is 0 Å². The average molecular weight is 403 g/mol. The Balaban J connectivity index is 2.24. The summed E-state index contributed by atoms with van der Waals surface area (Å²) in [4.78, 5) is 12.3. The second kappa shape index (κ2) is 7.95. The molecule has 1 amide bonds. The van der Waals surface area contributed by atoms with Crippen LogP contribution in [0.25, 0.3) is 0 Å². The summed E-state index contributed by atoms with van der Waals surface area (Å²) in [5.41, 5.74) is 0.661. The number of halogens is 2. The van der Waals surface area contributed by atoms with Gasteiger partial charge in [0.05, 0.1) is 24.1 Å². The van der Waals surface area contributed by atoms with Gasteiger partial charge in [-0.3, -0.25) is 9.10 Å². The van der Waals surface area contributed by atoms with Gasteiger partial charge < -0.3 is 10.1 Å². The van der Waals surface area contributed by atoms with Gasteiger partial charge in [0.2, 0.25) is 15.9 Å². The topological polar surface area (TPSA) is 75.7 Å². The quantitative estimate of drug-likeness (QED) is 0.802. The molecule has 0 spiro atoms. The first-order valence-corrected chi connectivity index (χ1v) is 9.68. The molecule has 0 aliphatic heterocycles. The Morgan fingerprint density at radius 3 is 2.52 bits per heavy atom.